The first kappa shape index (κ1) is 23.1. The van der Waals surface area contributed by atoms with Gasteiger partial charge in [0.2, 0.25) is 15.9 Å². The van der Waals surface area contributed by atoms with Crippen LogP contribution in [0, 0.1) is 13.8 Å². The highest BCUT2D eigenvalue weighted by atomic mass is 32.2. The quantitative estimate of drug-likeness (QED) is 0.574. The minimum absolute atomic E-state index is 0.00124. The highest BCUT2D eigenvalue weighted by Gasteiger charge is 2.20. The van der Waals surface area contributed by atoms with Gasteiger partial charge in [0.25, 0.3) is 0 Å². The van der Waals surface area contributed by atoms with Crippen molar-refractivity contribution in [3.8, 4) is 0 Å². The zero-order valence-corrected chi connectivity index (χ0v) is 19.0. The summed E-state index contributed by atoms with van der Waals surface area (Å²) in [5, 5.41) is 3.72. The Hall–Kier alpha value is -1.21. The molecular formula is C21H34N2O3S2. The third-order valence-corrected chi connectivity index (χ3v) is 7.90. The summed E-state index contributed by atoms with van der Waals surface area (Å²) in [6.07, 6.45) is 8.70. The van der Waals surface area contributed by atoms with Crippen molar-refractivity contribution in [2.45, 2.75) is 64.0 Å². The first-order valence-corrected chi connectivity index (χ1v) is 13.1. The maximum Gasteiger partial charge on any atom is 0.232 e. The number of rotatable bonds is 10. The first-order valence-electron chi connectivity index (χ1n) is 10.2. The van der Waals surface area contributed by atoms with E-state index in [0.717, 1.165) is 22.1 Å². The second-order valence-electron chi connectivity index (χ2n) is 7.64. The second-order valence-corrected chi connectivity index (χ2v) is 11.0. The molecule has 1 aliphatic rings. The van der Waals surface area contributed by atoms with E-state index < -0.39 is 10.0 Å². The number of aryl methyl sites for hydroxylation is 1. The predicted octanol–water partition coefficient (Wildman–Crippen LogP) is 4.03. The lowest BCUT2D eigenvalue weighted by atomic mass is 10.0. The second kappa shape index (κ2) is 11.1. The molecule has 5 nitrogen and oxygen atoms in total. The van der Waals surface area contributed by atoms with Gasteiger partial charge in [-0.25, -0.2) is 8.42 Å². The van der Waals surface area contributed by atoms with Crippen molar-refractivity contribution in [2.75, 3.05) is 29.4 Å². The van der Waals surface area contributed by atoms with Gasteiger partial charge in [0.05, 0.1) is 11.9 Å². The molecule has 0 atom stereocenters. The van der Waals surface area contributed by atoms with Crippen molar-refractivity contribution in [2.24, 2.45) is 0 Å². The Balaban J connectivity index is 1.75. The van der Waals surface area contributed by atoms with E-state index in [9.17, 15) is 13.2 Å². The fourth-order valence-electron chi connectivity index (χ4n) is 3.59. The van der Waals surface area contributed by atoms with Gasteiger partial charge in [-0.1, -0.05) is 31.4 Å². The molecular weight excluding hydrogens is 392 g/mol. The number of benzene rings is 1. The molecule has 158 valence electrons. The van der Waals surface area contributed by atoms with E-state index in [1.807, 2.05) is 43.8 Å². The summed E-state index contributed by atoms with van der Waals surface area (Å²) in [5.41, 5.74) is 2.71. The van der Waals surface area contributed by atoms with Gasteiger partial charge >= 0.3 is 0 Å². The number of carbonyl (C=O) groups excluding carboxylic acids is 1. The largest absolute Gasteiger partial charge is 0.355 e. The van der Waals surface area contributed by atoms with Gasteiger partial charge in [0.15, 0.2) is 0 Å². The van der Waals surface area contributed by atoms with Crippen LogP contribution < -0.4 is 9.62 Å². The minimum Gasteiger partial charge on any atom is -0.355 e. The Morgan fingerprint density at radius 2 is 1.93 bits per heavy atom. The Kier molecular flexibility index (Phi) is 9.15. The van der Waals surface area contributed by atoms with Crippen LogP contribution in [-0.2, 0) is 14.8 Å². The predicted molar refractivity (Wildman–Crippen MR) is 120 cm³/mol. The van der Waals surface area contributed by atoms with Crippen molar-refractivity contribution in [3.05, 3.63) is 29.3 Å². The van der Waals surface area contributed by atoms with Crippen molar-refractivity contribution in [1.29, 1.82) is 0 Å². The maximum atomic E-state index is 12.3. The van der Waals surface area contributed by atoms with Gasteiger partial charge in [-0.3, -0.25) is 9.10 Å². The molecule has 1 aromatic carbocycles. The zero-order chi connectivity index (χ0) is 20.6. The number of hydrogen-bond acceptors (Lipinski definition) is 4. The van der Waals surface area contributed by atoms with Gasteiger partial charge in [-0.15, -0.1) is 0 Å². The number of thioether (sulfide) groups is 1. The monoisotopic (exact) mass is 426 g/mol. The summed E-state index contributed by atoms with van der Waals surface area (Å²) in [5.74, 6) is 0.951. The van der Waals surface area contributed by atoms with Crippen molar-refractivity contribution in [1.82, 2.24) is 5.32 Å². The topological polar surface area (TPSA) is 66.5 Å². The fourth-order valence-corrected chi connectivity index (χ4v) is 5.83. The van der Waals surface area contributed by atoms with Crippen LogP contribution >= 0.6 is 11.8 Å². The van der Waals surface area contributed by atoms with Crippen LogP contribution in [0.15, 0.2) is 18.2 Å². The van der Waals surface area contributed by atoms with Crippen LogP contribution in [0.3, 0.4) is 0 Å². The van der Waals surface area contributed by atoms with Crippen LogP contribution in [0.1, 0.15) is 56.1 Å². The van der Waals surface area contributed by atoms with E-state index in [-0.39, 0.29) is 5.91 Å². The lowest BCUT2D eigenvalue weighted by Crippen LogP contribution is -2.33. The number of nitrogens with zero attached hydrogens (tertiary/aromatic N) is 1. The van der Waals surface area contributed by atoms with Gasteiger partial charge in [-0.05, 0) is 50.3 Å². The summed E-state index contributed by atoms with van der Waals surface area (Å²) in [6, 6.07) is 5.66. The molecule has 28 heavy (non-hydrogen) atoms. The fraction of sp³-hybridized carbons (Fsp3) is 0.667. The summed E-state index contributed by atoms with van der Waals surface area (Å²) in [4.78, 5) is 12.1. The van der Waals surface area contributed by atoms with Crippen LogP contribution in [0.25, 0.3) is 0 Å². The molecule has 0 saturated heterocycles. The van der Waals surface area contributed by atoms with E-state index in [4.69, 9.17) is 0 Å². The van der Waals surface area contributed by atoms with Crippen molar-refractivity contribution < 1.29 is 13.2 Å². The number of sulfonamides is 1. The van der Waals surface area contributed by atoms with Gasteiger partial charge in [0, 0.05) is 30.5 Å². The normalized spacial score (nSPS) is 15.4. The summed E-state index contributed by atoms with van der Waals surface area (Å²) in [7, 11) is -3.39. The van der Waals surface area contributed by atoms with E-state index >= 15 is 0 Å². The van der Waals surface area contributed by atoms with Gasteiger partial charge in [-0.2, -0.15) is 11.8 Å². The minimum atomic E-state index is -3.39. The van der Waals surface area contributed by atoms with E-state index in [2.05, 4.69) is 5.32 Å². The van der Waals surface area contributed by atoms with Crippen LogP contribution in [0.2, 0.25) is 0 Å². The Bertz CT molecular complexity index is 744. The molecule has 1 aliphatic carbocycles. The maximum absolute atomic E-state index is 12.3. The number of nitrogens with one attached hydrogen (secondary N) is 1. The number of anilines is 1. The molecule has 0 unspecified atom stereocenters. The Morgan fingerprint density at radius 1 is 1.21 bits per heavy atom. The lowest BCUT2D eigenvalue weighted by Gasteiger charge is -2.25. The van der Waals surface area contributed by atoms with E-state index in [0.29, 0.717) is 31.6 Å². The molecule has 1 amide bonds. The van der Waals surface area contributed by atoms with Crippen molar-refractivity contribution >= 4 is 33.4 Å². The van der Waals surface area contributed by atoms with Crippen LogP contribution in [-0.4, -0.2) is 44.7 Å². The number of carbonyl (C=O) groups is 1. The first-order chi connectivity index (χ1) is 13.3. The molecule has 1 fully saturated rings. The molecule has 1 saturated carbocycles. The van der Waals surface area contributed by atoms with Gasteiger partial charge < -0.3 is 5.32 Å². The molecule has 0 bridgehead atoms. The zero-order valence-electron chi connectivity index (χ0n) is 17.4. The van der Waals surface area contributed by atoms with E-state index in [1.165, 1.54) is 42.7 Å². The highest BCUT2D eigenvalue weighted by Crippen LogP contribution is 2.28. The summed E-state index contributed by atoms with van der Waals surface area (Å²) < 4.78 is 25.9. The molecule has 1 N–H and O–H groups in total. The van der Waals surface area contributed by atoms with Gasteiger partial charge in [0.1, 0.15) is 0 Å². The molecule has 0 radical (unpaired) electrons. The molecule has 0 heterocycles. The average Bonchev–Trinajstić information content (AvgIpc) is 2.65. The van der Waals surface area contributed by atoms with Crippen LogP contribution in [0.4, 0.5) is 5.69 Å². The molecule has 2 rings (SSSR count). The number of hydrogen-bond donors (Lipinski definition) is 1. The Morgan fingerprint density at radius 3 is 2.61 bits per heavy atom. The standard InChI is InChI=1S/C21H34N2O3S2/c1-17-9-7-12-20(18(17)2)23(28(3,25)26)15-8-13-21(24)22-14-16-27-19-10-5-4-6-11-19/h7,9,12,19H,4-6,8,10-11,13-16H2,1-3H3,(H,22,24). The van der Waals surface area contributed by atoms with E-state index in [1.54, 1.807) is 0 Å². The number of amides is 1. The molecule has 0 aromatic heterocycles. The SMILES string of the molecule is Cc1cccc(N(CCCC(=O)NCCSC2CCCCC2)S(C)(=O)=O)c1C. The highest BCUT2D eigenvalue weighted by molar-refractivity contribution is 7.99. The summed E-state index contributed by atoms with van der Waals surface area (Å²) >= 11 is 1.97. The molecule has 0 spiro atoms. The van der Waals surface area contributed by atoms with Crippen LogP contribution in [0.5, 0.6) is 0 Å². The smallest absolute Gasteiger partial charge is 0.232 e. The third kappa shape index (κ3) is 7.32. The molecule has 1 aromatic rings. The molecule has 7 heteroatoms. The van der Waals surface area contributed by atoms with Crippen molar-refractivity contribution in [3.63, 3.8) is 0 Å². The third-order valence-electron chi connectivity index (χ3n) is 5.34. The molecule has 0 aliphatic heterocycles. The summed E-state index contributed by atoms with van der Waals surface area (Å²) in [6.45, 7) is 4.90. The Labute approximate surface area is 174 Å². The lowest BCUT2D eigenvalue weighted by molar-refractivity contribution is -0.121. The average molecular weight is 427 g/mol.